The molecule has 0 saturated carbocycles. The van der Waals surface area contributed by atoms with Crippen molar-refractivity contribution in [1.29, 1.82) is 0 Å². The van der Waals surface area contributed by atoms with Crippen molar-refractivity contribution >= 4 is 11.4 Å². The summed E-state index contributed by atoms with van der Waals surface area (Å²) in [6.07, 6.45) is 0.747. The highest BCUT2D eigenvalue weighted by Gasteiger charge is 2.05. The van der Waals surface area contributed by atoms with Crippen molar-refractivity contribution < 1.29 is 5.11 Å². The predicted molar refractivity (Wildman–Crippen MR) is 32.2 cm³/mol. The summed E-state index contributed by atoms with van der Waals surface area (Å²) in [5.74, 6) is 0. The molecule has 3 heteroatoms. The summed E-state index contributed by atoms with van der Waals surface area (Å²) >= 11 is 0. The summed E-state index contributed by atoms with van der Waals surface area (Å²) in [6.45, 7) is 1.94. The minimum atomic E-state index is 0.0425. The van der Waals surface area contributed by atoms with Crippen LogP contribution in [0.3, 0.4) is 0 Å². The Balaban J connectivity index is 2.49. The quantitative estimate of drug-likeness (QED) is 0.517. The fourth-order valence-corrected chi connectivity index (χ4v) is 0.610. The molecular formula is C5H8N2O. The van der Waals surface area contributed by atoms with Crippen LogP contribution in [0.1, 0.15) is 13.3 Å². The van der Waals surface area contributed by atoms with E-state index in [-0.39, 0.29) is 6.61 Å². The van der Waals surface area contributed by atoms with Gasteiger partial charge in [0.25, 0.3) is 0 Å². The van der Waals surface area contributed by atoms with Crippen LogP contribution in [0.4, 0.5) is 0 Å². The van der Waals surface area contributed by atoms with E-state index in [0.717, 1.165) is 17.8 Å². The molecule has 0 fully saturated rings. The third kappa shape index (κ3) is 0.924. The van der Waals surface area contributed by atoms with Crippen molar-refractivity contribution in [2.24, 2.45) is 10.2 Å². The van der Waals surface area contributed by atoms with Crippen LogP contribution in [0.5, 0.6) is 0 Å². The van der Waals surface area contributed by atoms with Crippen LogP contribution in [0.15, 0.2) is 10.2 Å². The summed E-state index contributed by atoms with van der Waals surface area (Å²) in [5, 5.41) is 15.9. The van der Waals surface area contributed by atoms with Crippen molar-refractivity contribution in [3.8, 4) is 0 Å². The molecular weight excluding hydrogens is 104 g/mol. The Morgan fingerprint density at radius 3 is 2.62 bits per heavy atom. The molecule has 0 aromatic carbocycles. The highest BCUT2D eigenvalue weighted by atomic mass is 16.3. The first-order valence-electron chi connectivity index (χ1n) is 2.52. The molecule has 0 aromatic heterocycles. The summed E-state index contributed by atoms with van der Waals surface area (Å²) in [6, 6.07) is 0. The first kappa shape index (κ1) is 5.44. The highest BCUT2D eigenvalue weighted by molar-refractivity contribution is 6.06. The minimum absolute atomic E-state index is 0.0425. The fourth-order valence-electron chi connectivity index (χ4n) is 0.610. The van der Waals surface area contributed by atoms with E-state index in [0.29, 0.717) is 0 Å². The van der Waals surface area contributed by atoms with Gasteiger partial charge in [0.1, 0.15) is 0 Å². The molecule has 8 heavy (non-hydrogen) atoms. The smallest absolute Gasteiger partial charge is 0.0836 e. The lowest BCUT2D eigenvalue weighted by Crippen LogP contribution is -2.03. The zero-order valence-electron chi connectivity index (χ0n) is 4.76. The van der Waals surface area contributed by atoms with Gasteiger partial charge >= 0.3 is 0 Å². The highest BCUT2D eigenvalue weighted by Crippen LogP contribution is 1.99. The second-order valence-corrected chi connectivity index (χ2v) is 1.84. The molecule has 0 aromatic rings. The minimum Gasteiger partial charge on any atom is -0.390 e. The first-order chi connectivity index (χ1) is 3.83. The normalized spacial score (nSPS) is 18.2. The van der Waals surface area contributed by atoms with Gasteiger partial charge in [-0.2, -0.15) is 10.2 Å². The lowest BCUT2D eigenvalue weighted by atomic mass is 10.2. The molecule has 0 radical (unpaired) electrons. The number of nitrogens with zero attached hydrogens (tertiary/aromatic N) is 2. The Morgan fingerprint density at radius 1 is 1.62 bits per heavy atom. The second kappa shape index (κ2) is 2.05. The van der Waals surface area contributed by atoms with E-state index in [1.165, 1.54) is 0 Å². The Kier molecular flexibility index (Phi) is 1.39. The summed E-state index contributed by atoms with van der Waals surface area (Å²) in [4.78, 5) is 0. The molecule has 0 bridgehead atoms. The summed E-state index contributed by atoms with van der Waals surface area (Å²) in [7, 11) is 0. The van der Waals surface area contributed by atoms with Crippen molar-refractivity contribution in [3.05, 3.63) is 0 Å². The molecule has 0 saturated heterocycles. The number of rotatable bonds is 1. The van der Waals surface area contributed by atoms with Crippen molar-refractivity contribution in [3.63, 3.8) is 0 Å². The molecule has 3 nitrogen and oxygen atoms in total. The summed E-state index contributed by atoms with van der Waals surface area (Å²) in [5.41, 5.74) is 1.75. The molecule has 0 amide bonds. The Hall–Kier alpha value is -0.700. The molecule has 44 valence electrons. The van der Waals surface area contributed by atoms with Crippen LogP contribution in [0.25, 0.3) is 0 Å². The van der Waals surface area contributed by atoms with Crippen molar-refractivity contribution in [1.82, 2.24) is 0 Å². The van der Waals surface area contributed by atoms with E-state index < -0.39 is 0 Å². The van der Waals surface area contributed by atoms with Gasteiger partial charge in [0.2, 0.25) is 0 Å². The maximum atomic E-state index is 8.48. The zero-order chi connectivity index (χ0) is 5.98. The lowest BCUT2D eigenvalue weighted by molar-refractivity contribution is 0.356. The SMILES string of the molecule is CC1=NN=C(CO)C1. The standard InChI is InChI=1S/C5H8N2O/c1-4-2-5(3-8)7-6-4/h8H,2-3H2,1H3. The van der Waals surface area contributed by atoms with Crippen molar-refractivity contribution in [2.75, 3.05) is 6.61 Å². The average molecular weight is 112 g/mol. The predicted octanol–water partition coefficient (Wildman–Crippen LogP) is 0.199. The van der Waals surface area contributed by atoms with Crippen LogP contribution in [0.2, 0.25) is 0 Å². The van der Waals surface area contributed by atoms with Crippen LogP contribution in [-0.2, 0) is 0 Å². The van der Waals surface area contributed by atoms with Crippen LogP contribution in [-0.4, -0.2) is 23.1 Å². The molecule has 1 heterocycles. The monoisotopic (exact) mass is 112 g/mol. The molecule has 1 aliphatic rings. The third-order valence-corrected chi connectivity index (χ3v) is 1.00. The van der Waals surface area contributed by atoms with E-state index in [4.69, 9.17) is 5.11 Å². The third-order valence-electron chi connectivity index (χ3n) is 1.00. The average Bonchev–Trinajstić information content (AvgIpc) is 2.14. The molecule has 1 N–H and O–H groups in total. The lowest BCUT2D eigenvalue weighted by Gasteiger charge is -1.87. The topological polar surface area (TPSA) is 45.0 Å². The molecule has 0 spiro atoms. The largest absolute Gasteiger partial charge is 0.390 e. The van der Waals surface area contributed by atoms with Crippen LogP contribution < -0.4 is 0 Å². The second-order valence-electron chi connectivity index (χ2n) is 1.84. The van der Waals surface area contributed by atoms with E-state index in [1.807, 2.05) is 6.92 Å². The molecule has 0 unspecified atom stereocenters. The van der Waals surface area contributed by atoms with Gasteiger partial charge in [-0.05, 0) is 6.92 Å². The van der Waals surface area contributed by atoms with Crippen LogP contribution >= 0.6 is 0 Å². The fraction of sp³-hybridized carbons (Fsp3) is 0.600. The number of aliphatic hydroxyl groups excluding tert-OH is 1. The molecule has 0 aliphatic carbocycles. The van der Waals surface area contributed by atoms with Gasteiger partial charge in [0.05, 0.1) is 12.3 Å². The van der Waals surface area contributed by atoms with Gasteiger partial charge in [-0.15, -0.1) is 0 Å². The Labute approximate surface area is 47.7 Å². The van der Waals surface area contributed by atoms with Crippen LogP contribution in [0, 0.1) is 0 Å². The van der Waals surface area contributed by atoms with Gasteiger partial charge in [-0.1, -0.05) is 0 Å². The zero-order valence-corrected chi connectivity index (χ0v) is 4.76. The maximum absolute atomic E-state index is 8.48. The Bertz CT molecular complexity index is 149. The van der Waals surface area contributed by atoms with E-state index in [1.54, 1.807) is 0 Å². The number of hydrogen-bond acceptors (Lipinski definition) is 3. The van der Waals surface area contributed by atoms with E-state index in [2.05, 4.69) is 10.2 Å². The van der Waals surface area contributed by atoms with Gasteiger partial charge in [-0.3, -0.25) is 0 Å². The van der Waals surface area contributed by atoms with Crippen molar-refractivity contribution in [2.45, 2.75) is 13.3 Å². The summed E-state index contributed by atoms with van der Waals surface area (Å²) < 4.78 is 0. The molecule has 0 atom stereocenters. The van der Waals surface area contributed by atoms with E-state index >= 15 is 0 Å². The van der Waals surface area contributed by atoms with Gasteiger partial charge < -0.3 is 5.11 Å². The molecule has 1 rings (SSSR count). The number of hydrogen-bond donors (Lipinski definition) is 1. The number of aliphatic hydroxyl groups is 1. The van der Waals surface area contributed by atoms with E-state index in [9.17, 15) is 0 Å². The maximum Gasteiger partial charge on any atom is 0.0836 e. The van der Waals surface area contributed by atoms with Gasteiger partial charge in [0, 0.05) is 12.1 Å². The Morgan fingerprint density at radius 2 is 2.38 bits per heavy atom. The van der Waals surface area contributed by atoms with Gasteiger partial charge in [-0.25, -0.2) is 0 Å². The first-order valence-corrected chi connectivity index (χ1v) is 2.52. The van der Waals surface area contributed by atoms with Gasteiger partial charge in [0.15, 0.2) is 0 Å². The molecule has 1 aliphatic heterocycles.